The van der Waals surface area contributed by atoms with Gasteiger partial charge in [0, 0.05) is 31.1 Å². The number of rotatable bonds is 7. The number of methoxy groups -OCH3 is 2. The number of hydrogen-bond acceptors (Lipinski definition) is 6. The lowest BCUT2D eigenvalue weighted by Crippen LogP contribution is -2.66. The normalized spacial score (nSPS) is 20.9. The van der Waals surface area contributed by atoms with Crippen molar-refractivity contribution in [3.8, 4) is 11.5 Å². The molecule has 0 saturated carbocycles. The van der Waals surface area contributed by atoms with Crippen molar-refractivity contribution in [2.45, 2.75) is 44.8 Å². The summed E-state index contributed by atoms with van der Waals surface area (Å²) in [6.45, 7) is 3.37. The molecule has 1 aliphatic carbocycles. The maximum Gasteiger partial charge on any atom is 0.425 e. The molecule has 11 heteroatoms. The molecular formula is C27H28F3N3O5. The van der Waals surface area contributed by atoms with Crippen LogP contribution in [0, 0.1) is 5.41 Å². The van der Waals surface area contributed by atoms with Crippen LogP contribution in [0.1, 0.15) is 42.6 Å². The quantitative estimate of drug-likeness (QED) is 0.583. The number of benzene rings is 1. The van der Waals surface area contributed by atoms with E-state index in [9.17, 15) is 27.6 Å². The maximum atomic E-state index is 14.9. The molecule has 0 fully saturated rings. The molecule has 0 radical (unpaired) electrons. The Balaban J connectivity index is 1.77. The van der Waals surface area contributed by atoms with Gasteiger partial charge in [-0.15, -0.1) is 0 Å². The highest BCUT2D eigenvalue weighted by Gasteiger charge is 2.71. The molecule has 1 N–H and O–H groups in total. The fraction of sp³-hybridized carbons (Fsp3) is 0.407. The average molecular weight is 532 g/mol. The van der Waals surface area contributed by atoms with Gasteiger partial charge in [0.2, 0.25) is 5.54 Å². The van der Waals surface area contributed by atoms with Crippen LogP contribution in [0.5, 0.6) is 11.5 Å². The number of pyridine rings is 1. The van der Waals surface area contributed by atoms with E-state index in [1.54, 1.807) is 32.0 Å². The Kier molecular flexibility index (Phi) is 6.98. The van der Waals surface area contributed by atoms with Gasteiger partial charge in [-0.05, 0) is 48.1 Å². The van der Waals surface area contributed by atoms with Gasteiger partial charge in [0.15, 0.2) is 17.3 Å². The molecule has 1 aromatic carbocycles. The predicted molar refractivity (Wildman–Crippen MR) is 131 cm³/mol. The summed E-state index contributed by atoms with van der Waals surface area (Å²) in [4.78, 5) is 44.7. The number of carbonyl (C=O) groups excluding carboxylic acids is 3. The van der Waals surface area contributed by atoms with Crippen molar-refractivity contribution in [3.63, 3.8) is 0 Å². The zero-order valence-electron chi connectivity index (χ0n) is 21.4. The molecule has 1 aromatic heterocycles. The van der Waals surface area contributed by atoms with E-state index in [2.05, 4.69) is 4.98 Å². The summed E-state index contributed by atoms with van der Waals surface area (Å²) in [5.74, 6) is -2.47. The van der Waals surface area contributed by atoms with E-state index in [-0.39, 0.29) is 37.1 Å². The van der Waals surface area contributed by atoms with Crippen molar-refractivity contribution in [2.24, 2.45) is 5.41 Å². The van der Waals surface area contributed by atoms with Crippen LogP contribution in [0.4, 0.5) is 13.2 Å². The average Bonchev–Trinajstić information content (AvgIpc) is 3.09. The van der Waals surface area contributed by atoms with Crippen LogP contribution < -0.4 is 14.8 Å². The van der Waals surface area contributed by atoms with Gasteiger partial charge in [0.25, 0.3) is 11.8 Å². The first-order valence-electron chi connectivity index (χ1n) is 11.9. The molecule has 2 aromatic rings. The van der Waals surface area contributed by atoms with Gasteiger partial charge in [-0.1, -0.05) is 19.9 Å². The molecule has 1 aliphatic heterocycles. The van der Waals surface area contributed by atoms with Crippen LogP contribution in [-0.2, 0) is 16.0 Å². The molecular weight excluding hydrogens is 503 g/mol. The van der Waals surface area contributed by atoms with Gasteiger partial charge in [-0.25, -0.2) is 0 Å². The van der Waals surface area contributed by atoms with Gasteiger partial charge < -0.3 is 19.7 Å². The number of ketones is 1. The Morgan fingerprint density at radius 1 is 1.11 bits per heavy atom. The Bertz CT molecular complexity index is 1310. The lowest BCUT2D eigenvalue weighted by Gasteiger charge is -2.35. The minimum absolute atomic E-state index is 0.0134. The number of halogens is 3. The minimum Gasteiger partial charge on any atom is -0.493 e. The van der Waals surface area contributed by atoms with Crippen LogP contribution in [0.15, 0.2) is 54.0 Å². The Hall–Kier alpha value is -3.89. The topological polar surface area (TPSA) is 97.8 Å². The molecule has 0 saturated heterocycles. The van der Waals surface area contributed by atoms with E-state index < -0.39 is 40.3 Å². The molecule has 1 atom stereocenters. The number of carbonyl (C=O) groups is 3. The van der Waals surface area contributed by atoms with Crippen molar-refractivity contribution in [1.29, 1.82) is 0 Å². The third-order valence-corrected chi connectivity index (χ3v) is 6.84. The second-order valence-electron chi connectivity index (χ2n) is 10.1. The van der Waals surface area contributed by atoms with Gasteiger partial charge in [0.1, 0.15) is 0 Å². The highest BCUT2D eigenvalue weighted by Crippen LogP contribution is 2.51. The summed E-state index contributed by atoms with van der Waals surface area (Å²) in [6.07, 6.45) is -2.79. The van der Waals surface area contributed by atoms with E-state index in [0.29, 0.717) is 17.1 Å². The molecule has 8 nitrogen and oxygen atoms in total. The van der Waals surface area contributed by atoms with Crippen LogP contribution >= 0.6 is 0 Å². The molecule has 0 bridgehead atoms. The fourth-order valence-corrected chi connectivity index (χ4v) is 5.08. The number of nitrogens with one attached hydrogen (secondary N) is 1. The standard InChI is InChI=1S/C27H28F3N3O5/c1-25(2)13-18-22(19(34)14-25)26(27(28,29)30,32-23(35)17-6-5-10-31-15-17)24(36)33(18)11-9-16-7-8-20(37-3)21(12-16)38-4/h5-8,10,12,15H,9,11,13-14H2,1-4H3,(H,32,35)/t26-/m0/s1. The van der Waals surface area contributed by atoms with E-state index >= 15 is 0 Å². The predicted octanol–water partition coefficient (Wildman–Crippen LogP) is 3.86. The Labute approximate surface area is 217 Å². The van der Waals surface area contributed by atoms with Crippen LogP contribution in [0.2, 0.25) is 0 Å². The van der Waals surface area contributed by atoms with E-state index in [4.69, 9.17) is 9.47 Å². The van der Waals surface area contributed by atoms with Gasteiger partial charge in [-0.3, -0.25) is 19.4 Å². The number of aromatic nitrogens is 1. The maximum absolute atomic E-state index is 14.9. The van der Waals surface area contributed by atoms with Crippen LogP contribution in [0.25, 0.3) is 0 Å². The molecule has 2 aliphatic rings. The summed E-state index contributed by atoms with van der Waals surface area (Å²) in [5, 5.41) is 1.91. The smallest absolute Gasteiger partial charge is 0.425 e. The molecule has 4 rings (SSSR count). The first kappa shape index (κ1) is 27.2. The molecule has 2 heterocycles. The summed E-state index contributed by atoms with van der Waals surface area (Å²) < 4.78 is 55.2. The zero-order valence-corrected chi connectivity index (χ0v) is 21.4. The first-order chi connectivity index (χ1) is 17.8. The van der Waals surface area contributed by atoms with E-state index in [1.807, 2.05) is 5.32 Å². The third kappa shape index (κ3) is 4.61. The lowest BCUT2D eigenvalue weighted by atomic mass is 9.72. The van der Waals surface area contributed by atoms with Crippen molar-refractivity contribution >= 4 is 17.6 Å². The van der Waals surface area contributed by atoms with Gasteiger partial charge >= 0.3 is 6.18 Å². The summed E-state index contributed by atoms with van der Waals surface area (Å²) in [7, 11) is 2.94. The van der Waals surface area contributed by atoms with Crippen molar-refractivity contribution in [3.05, 3.63) is 65.1 Å². The Morgan fingerprint density at radius 3 is 2.42 bits per heavy atom. The molecule has 38 heavy (non-hydrogen) atoms. The van der Waals surface area contributed by atoms with Crippen LogP contribution in [0.3, 0.4) is 0 Å². The second kappa shape index (κ2) is 9.77. The van der Waals surface area contributed by atoms with Crippen LogP contribution in [-0.4, -0.2) is 60.0 Å². The number of amides is 2. The number of Topliss-reactive ketones (excluding diaryl/α,β-unsaturated/α-hetero) is 1. The molecule has 0 spiro atoms. The molecule has 2 amide bonds. The highest BCUT2D eigenvalue weighted by molar-refractivity contribution is 6.14. The van der Waals surface area contributed by atoms with E-state index in [0.717, 1.165) is 11.1 Å². The molecule has 202 valence electrons. The third-order valence-electron chi connectivity index (χ3n) is 6.84. The zero-order chi connectivity index (χ0) is 27.9. The van der Waals surface area contributed by atoms with Gasteiger partial charge in [0.05, 0.1) is 25.4 Å². The first-order valence-corrected chi connectivity index (χ1v) is 11.9. The number of hydrogen-bond donors (Lipinski definition) is 1. The largest absolute Gasteiger partial charge is 0.493 e. The second-order valence-corrected chi connectivity index (χ2v) is 10.1. The number of nitrogens with zero attached hydrogens (tertiary/aromatic N) is 2. The monoisotopic (exact) mass is 531 g/mol. The highest BCUT2D eigenvalue weighted by atomic mass is 19.4. The molecule has 0 unspecified atom stereocenters. The van der Waals surface area contributed by atoms with Crippen molar-refractivity contribution in [1.82, 2.24) is 15.2 Å². The van der Waals surface area contributed by atoms with Gasteiger partial charge in [-0.2, -0.15) is 13.2 Å². The van der Waals surface area contributed by atoms with Crippen molar-refractivity contribution < 1.29 is 37.0 Å². The number of alkyl halides is 3. The summed E-state index contributed by atoms with van der Waals surface area (Å²) in [6, 6.07) is 7.72. The fourth-order valence-electron chi connectivity index (χ4n) is 5.08. The van der Waals surface area contributed by atoms with E-state index in [1.165, 1.54) is 32.5 Å². The Morgan fingerprint density at radius 2 is 1.82 bits per heavy atom. The number of ether oxygens (including phenoxy) is 2. The van der Waals surface area contributed by atoms with Crippen molar-refractivity contribution in [2.75, 3.05) is 20.8 Å². The summed E-state index contributed by atoms with van der Waals surface area (Å²) in [5.41, 5.74) is -4.38. The minimum atomic E-state index is -5.28. The SMILES string of the molecule is COc1ccc(CCN2C(=O)[C@](NC(=O)c3cccnc3)(C(F)(F)F)C3=C2CC(C)(C)CC3=O)cc1OC. The number of allylic oxidation sites excluding steroid dienone is 1. The lowest BCUT2D eigenvalue weighted by molar-refractivity contribution is -0.190. The summed E-state index contributed by atoms with van der Waals surface area (Å²) >= 11 is 0.